The molecular weight excluding hydrogens is 166 g/mol. The second kappa shape index (κ2) is 6.89. The minimum absolute atomic E-state index is 0.0359. The van der Waals surface area contributed by atoms with Gasteiger partial charge in [0.25, 0.3) is 0 Å². The number of hydrogen-bond donors (Lipinski definition) is 1. The van der Waals surface area contributed by atoms with Gasteiger partial charge < -0.3 is 10.0 Å². The van der Waals surface area contributed by atoms with Gasteiger partial charge in [-0.1, -0.05) is 20.3 Å². The topological polar surface area (TPSA) is 40.5 Å². The van der Waals surface area contributed by atoms with E-state index in [-0.39, 0.29) is 18.4 Å². The summed E-state index contributed by atoms with van der Waals surface area (Å²) in [6, 6.07) is 0. The van der Waals surface area contributed by atoms with Crippen molar-refractivity contribution in [1.82, 2.24) is 4.90 Å². The summed E-state index contributed by atoms with van der Waals surface area (Å²) in [5.41, 5.74) is 0. The van der Waals surface area contributed by atoms with Crippen molar-refractivity contribution in [2.75, 3.05) is 20.2 Å². The van der Waals surface area contributed by atoms with E-state index in [0.29, 0.717) is 6.42 Å². The predicted molar refractivity (Wildman–Crippen MR) is 53.4 cm³/mol. The molecule has 13 heavy (non-hydrogen) atoms. The summed E-state index contributed by atoms with van der Waals surface area (Å²) in [5.74, 6) is -0.139. The van der Waals surface area contributed by atoms with Crippen molar-refractivity contribution in [3.8, 4) is 0 Å². The molecule has 1 atom stereocenters. The maximum Gasteiger partial charge on any atom is 0.227 e. The first kappa shape index (κ1) is 12.4. The maximum atomic E-state index is 11.6. The fraction of sp³-hybridized carbons (Fsp3) is 0.900. The minimum Gasteiger partial charge on any atom is -0.396 e. The lowest BCUT2D eigenvalue weighted by atomic mass is 10.1. The Morgan fingerprint density at radius 1 is 1.46 bits per heavy atom. The molecule has 0 saturated carbocycles. The number of aliphatic hydroxyl groups is 1. The van der Waals surface area contributed by atoms with Gasteiger partial charge in [0.15, 0.2) is 0 Å². The average molecular weight is 187 g/mol. The van der Waals surface area contributed by atoms with Crippen LogP contribution in [0.15, 0.2) is 0 Å². The van der Waals surface area contributed by atoms with Crippen molar-refractivity contribution in [2.24, 2.45) is 5.92 Å². The van der Waals surface area contributed by atoms with Crippen molar-refractivity contribution < 1.29 is 9.90 Å². The standard InChI is InChI=1S/C10H21NO2/c1-4-6-7-11(3)10(13)9(5-2)8-12/h9,12H,4-8H2,1-3H3. The smallest absolute Gasteiger partial charge is 0.227 e. The van der Waals surface area contributed by atoms with Crippen molar-refractivity contribution >= 4 is 5.91 Å². The Hall–Kier alpha value is -0.570. The Kier molecular flexibility index (Phi) is 6.59. The third-order valence-electron chi connectivity index (χ3n) is 2.29. The normalized spacial score (nSPS) is 12.6. The lowest BCUT2D eigenvalue weighted by Gasteiger charge is -2.21. The van der Waals surface area contributed by atoms with E-state index in [4.69, 9.17) is 5.11 Å². The molecule has 0 rings (SSSR count). The fourth-order valence-corrected chi connectivity index (χ4v) is 1.20. The molecule has 0 saturated heterocycles. The SMILES string of the molecule is CCCCN(C)C(=O)C(CC)CO. The predicted octanol–water partition coefficient (Wildman–Crippen LogP) is 1.26. The number of hydrogen-bond acceptors (Lipinski definition) is 2. The van der Waals surface area contributed by atoms with Crippen LogP contribution in [0.4, 0.5) is 0 Å². The Morgan fingerprint density at radius 3 is 2.46 bits per heavy atom. The largest absolute Gasteiger partial charge is 0.396 e. The van der Waals surface area contributed by atoms with Crippen LogP contribution in [0.25, 0.3) is 0 Å². The molecule has 0 aromatic rings. The molecule has 0 aliphatic rings. The minimum atomic E-state index is -0.207. The highest BCUT2D eigenvalue weighted by Gasteiger charge is 2.18. The molecule has 0 heterocycles. The van der Waals surface area contributed by atoms with Crippen LogP contribution in [0.2, 0.25) is 0 Å². The fourth-order valence-electron chi connectivity index (χ4n) is 1.20. The molecule has 3 heteroatoms. The van der Waals surface area contributed by atoms with E-state index in [1.807, 2.05) is 6.92 Å². The zero-order chi connectivity index (χ0) is 10.3. The van der Waals surface area contributed by atoms with Crippen molar-refractivity contribution in [3.05, 3.63) is 0 Å². The zero-order valence-electron chi connectivity index (χ0n) is 8.92. The van der Waals surface area contributed by atoms with Crippen molar-refractivity contribution in [2.45, 2.75) is 33.1 Å². The van der Waals surface area contributed by atoms with E-state index in [9.17, 15) is 4.79 Å². The van der Waals surface area contributed by atoms with E-state index >= 15 is 0 Å². The van der Waals surface area contributed by atoms with Gasteiger partial charge in [-0.25, -0.2) is 0 Å². The second-order valence-corrected chi connectivity index (χ2v) is 3.40. The molecular formula is C10H21NO2. The van der Waals surface area contributed by atoms with Crippen molar-refractivity contribution in [1.29, 1.82) is 0 Å². The Balaban J connectivity index is 3.92. The summed E-state index contributed by atoms with van der Waals surface area (Å²) in [6.07, 6.45) is 2.84. The third kappa shape index (κ3) is 4.27. The first-order valence-electron chi connectivity index (χ1n) is 5.03. The quantitative estimate of drug-likeness (QED) is 0.680. The summed E-state index contributed by atoms with van der Waals surface area (Å²) in [7, 11) is 1.80. The molecule has 0 aliphatic carbocycles. The summed E-state index contributed by atoms with van der Waals surface area (Å²) < 4.78 is 0. The first-order valence-corrected chi connectivity index (χ1v) is 5.03. The van der Waals surface area contributed by atoms with Crippen LogP contribution in [0.1, 0.15) is 33.1 Å². The molecule has 1 N–H and O–H groups in total. The van der Waals surface area contributed by atoms with E-state index in [2.05, 4.69) is 6.92 Å². The molecule has 1 amide bonds. The Bertz CT molecular complexity index is 144. The summed E-state index contributed by atoms with van der Waals surface area (Å²) in [4.78, 5) is 13.3. The summed E-state index contributed by atoms with van der Waals surface area (Å²) in [6.45, 7) is 4.78. The van der Waals surface area contributed by atoms with Crippen LogP contribution >= 0.6 is 0 Å². The zero-order valence-corrected chi connectivity index (χ0v) is 8.92. The summed E-state index contributed by atoms with van der Waals surface area (Å²) in [5, 5.41) is 8.92. The molecule has 0 aliphatic heterocycles. The maximum absolute atomic E-state index is 11.6. The van der Waals surface area contributed by atoms with Crippen LogP contribution < -0.4 is 0 Å². The van der Waals surface area contributed by atoms with E-state index in [0.717, 1.165) is 19.4 Å². The highest BCUT2D eigenvalue weighted by atomic mass is 16.3. The summed E-state index contributed by atoms with van der Waals surface area (Å²) >= 11 is 0. The molecule has 3 nitrogen and oxygen atoms in total. The van der Waals surface area contributed by atoms with Gasteiger partial charge in [-0.3, -0.25) is 4.79 Å². The van der Waals surface area contributed by atoms with Gasteiger partial charge in [0.05, 0.1) is 12.5 Å². The van der Waals surface area contributed by atoms with E-state index in [1.54, 1.807) is 11.9 Å². The van der Waals surface area contributed by atoms with Gasteiger partial charge in [0.1, 0.15) is 0 Å². The molecule has 0 radical (unpaired) electrons. The molecule has 1 unspecified atom stereocenters. The Labute approximate surface area is 80.7 Å². The third-order valence-corrected chi connectivity index (χ3v) is 2.29. The van der Waals surface area contributed by atoms with E-state index in [1.165, 1.54) is 0 Å². The van der Waals surface area contributed by atoms with E-state index < -0.39 is 0 Å². The van der Waals surface area contributed by atoms with Crippen molar-refractivity contribution in [3.63, 3.8) is 0 Å². The van der Waals surface area contributed by atoms with Crippen LogP contribution in [0, 0.1) is 5.92 Å². The van der Waals surface area contributed by atoms with Gasteiger partial charge in [-0.2, -0.15) is 0 Å². The highest BCUT2D eigenvalue weighted by molar-refractivity contribution is 5.78. The number of amides is 1. The molecule has 0 aromatic heterocycles. The molecule has 78 valence electrons. The number of carbonyl (C=O) groups is 1. The molecule has 0 bridgehead atoms. The van der Waals surface area contributed by atoms with Gasteiger partial charge in [0, 0.05) is 13.6 Å². The van der Waals surface area contributed by atoms with Gasteiger partial charge in [0.2, 0.25) is 5.91 Å². The number of carbonyl (C=O) groups excluding carboxylic acids is 1. The lowest BCUT2D eigenvalue weighted by molar-refractivity contribution is -0.135. The van der Waals surface area contributed by atoms with Gasteiger partial charge >= 0.3 is 0 Å². The van der Waals surface area contributed by atoms with Crippen LogP contribution in [0.3, 0.4) is 0 Å². The average Bonchev–Trinajstić information content (AvgIpc) is 2.15. The molecule has 0 fully saturated rings. The Morgan fingerprint density at radius 2 is 2.08 bits per heavy atom. The van der Waals surface area contributed by atoms with Gasteiger partial charge in [-0.05, 0) is 12.8 Å². The number of aliphatic hydroxyl groups excluding tert-OH is 1. The first-order chi connectivity index (χ1) is 6.17. The second-order valence-electron chi connectivity index (χ2n) is 3.40. The number of nitrogens with zero attached hydrogens (tertiary/aromatic N) is 1. The monoisotopic (exact) mass is 187 g/mol. The molecule has 0 aromatic carbocycles. The van der Waals surface area contributed by atoms with Crippen LogP contribution in [0.5, 0.6) is 0 Å². The number of unbranched alkanes of at least 4 members (excludes halogenated alkanes) is 1. The van der Waals surface area contributed by atoms with Crippen LogP contribution in [-0.2, 0) is 4.79 Å². The molecule has 0 spiro atoms. The van der Waals surface area contributed by atoms with Gasteiger partial charge in [-0.15, -0.1) is 0 Å². The number of rotatable bonds is 6. The highest BCUT2D eigenvalue weighted by Crippen LogP contribution is 2.06. The lowest BCUT2D eigenvalue weighted by Crippen LogP contribution is -2.35. The van der Waals surface area contributed by atoms with Crippen LogP contribution in [-0.4, -0.2) is 36.1 Å².